The molecule has 0 aromatic rings. The van der Waals surface area contributed by atoms with Gasteiger partial charge in [-0.05, 0) is 12.5 Å². The van der Waals surface area contributed by atoms with Gasteiger partial charge in [-0.25, -0.2) is 4.99 Å². The number of rotatable bonds is 0. The van der Waals surface area contributed by atoms with Crippen LogP contribution in [-0.4, -0.2) is 30.3 Å². The minimum absolute atomic E-state index is 0.583. The molecule has 1 heterocycles. The van der Waals surface area contributed by atoms with Gasteiger partial charge in [0.1, 0.15) is 12.2 Å². The highest BCUT2D eigenvalue weighted by atomic mass is 15.3. The van der Waals surface area contributed by atoms with Gasteiger partial charge in [-0.2, -0.15) is 0 Å². The predicted octanol–water partition coefficient (Wildman–Crippen LogP) is 1.71. The monoisotopic (exact) mass is 163 g/mol. The lowest BCUT2D eigenvalue weighted by Gasteiger charge is -2.37. The molecule has 0 saturated carbocycles. The van der Waals surface area contributed by atoms with Crippen LogP contribution in [0.5, 0.6) is 0 Å². The Kier molecular flexibility index (Phi) is 1.65. The van der Waals surface area contributed by atoms with E-state index < -0.39 is 0 Å². The van der Waals surface area contributed by atoms with E-state index in [2.05, 4.69) is 37.4 Å². The molecule has 1 aliphatic heterocycles. The highest BCUT2D eigenvalue weighted by Crippen LogP contribution is 2.23. The number of fused-ring (bicyclic) bond motifs is 1. The molecule has 2 aliphatic rings. The molecule has 0 amide bonds. The van der Waals surface area contributed by atoms with Gasteiger partial charge in [-0.15, -0.1) is 0 Å². The molecule has 0 radical (unpaired) electrons. The summed E-state index contributed by atoms with van der Waals surface area (Å²) in [5.74, 6) is 0. The van der Waals surface area contributed by atoms with Gasteiger partial charge in [-0.3, -0.25) is 4.48 Å². The smallest absolute Gasteiger partial charge is 0.136 e. The molecule has 0 N–H and O–H groups in total. The molecule has 1 unspecified atom stereocenters. The molecule has 0 bridgehead atoms. The summed E-state index contributed by atoms with van der Waals surface area (Å²) in [6.07, 6.45) is 10.9. The van der Waals surface area contributed by atoms with Gasteiger partial charge >= 0.3 is 0 Å². The Morgan fingerprint density at radius 1 is 1.50 bits per heavy atom. The maximum Gasteiger partial charge on any atom is 0.136 e. The van der Waals surface area contributed by atoms with E-state index in [-0.39, 0.29) is 0 Å². The molecular formula is C10H15N2+. The number of nitrogens with zero attached hydrogens (tertiary/aromatic N) is 2. The summed E-state index contributed by atoms with van der Waals surface area (Å²) >= 11 is 0. The molecule has 0 spiro atoms. The molecule has 64 valence electrons. The van der Waals surface area contributed by atoms with E-state index in [1.54, 1.807) is 0 Å². The molecule has 0 fully saturated rings. The normalized spacial score (nSPS) is 31.2. The second kappa shape index (κ2) is 2.56. The summed E-state index contributed by atoms with van der Waals surface area (Å²) in [7, 11) is 4.46. The lowest BCUT2D eigenvalue weighted by Crippen LogP contribution is -2.50. The fourth-order valence-corrected chi connectivity index (χ4v) is 1.91. The van der Waals surface area contributed by atoms with Crippen molar-refractivity contribution in [1.29, 1.82) is 0 Å². The summed E-state index contributed by atoms with van der Waals surface area (Å²) in [6.45, 7) is 0. The number of allylic oxidation sites excluding steroid dienone is 1. The molecular weight excluding hydrogens is 148 g/mol. The van der Waals surface area contributed by atoms with Crippen molar-refractivity contribution >= 4 is 5.71 Å². The van der Waals surface area contributed by atoms with Crippen molar-refractivity contribution in [3.63, 3.8) is 0 Å². The van der Waals surface area contributed by atoms with E-state index in [1.165, 1.54) is 18.6 Å². The highest BCUT2D eigenvalue weighted by molar-refractivity contribution is 5.99. The summed E-state index contributed by atoms with van der Waals surface area (Å²) in [4.78, 5) is 4.38. The first-order chi connectivity index (χ1) is 5.70. The molecule has 2 heteroatoms. The first-order valence-corrected chi connectivity index (χ1v) is 4.45. The van der Waals surface area contributed by atoms with Gasteiger partial charge in [0.25, 0.3) is 0 Å². The third-order valence-electron chi connectivity index (χ3n) is 2.71. The topological polar surface area (TPSA) is 12.4 Å². The SMILES string of the molecule is C[N+]1(C)C=CN=C2C=CCCC21. The van der Waals surface area contributed by atoms with Crippen LogP contribution in [0.4, 0.5) is 0 Å². The third-order valence-corrected chi connectivity index (χ3v) is 2.71. The summed E-state index contributed by atoms with van der Waals surface area (Å²) < 4.78 is 0.948. The van der Waals surface area contributed by atoms with Crippen LogP contribution in [0, 0.1) is 0 Å². The van der Waals surface area contributed by atoms with Crippen LogP contribution in [0.2, 0.25) is 0 Å². The maximum absolute atomic E-state index is 4.38. The zero-order valence-corrected chi connectivity index (χ0v) is 7.70. The highest BCUT2D eigenvalue weighted by Gasteiger charge is 2.32. The number of hydrogen-bond donors (Lipinski definition) is 0. The standard InChI is InChI=1S/C10H15N2/c1-12(2)8-7-11-9-5-3-4-6-10(9)12/h3,5,7-8,10H,4,6H2,1-2H3/q+1. The first-order valence-electron chi connectivity index (χ1n) is 4.45. The van der Waals surface area contributed by atoms with E-state index >= 15 is 0 Å². The summed E-state index contributed by atoms with van der Waals surface area (Å²) in [6, 6.07) is 0.583. The largest absolute Gasteiger partial charge is 0.293 e. The quantitative estimate of drug-likeness (QED) is 0.482. The Morgan fingerprint density at radius 2 is 2.33 bits per heavy atom. The average molecular weight is 163 g/mol. The number of hydrogen-bond acceptors (Lipinski definition) is 1. The lowest BCUT2D eigenvalue weighted by atomic mass is 9.96. The van der Waals surface area contributed by atoms with Gasteiger partial charge < -0.3 is 0 Å². The third kappa shape index (κ3) is 1.12. The van der Waals surface area contributed by atoms with Crippen LogP contribution in [0.1, 0.15) is 12.8 Å². The van der Waals surface area contributed by atoms with Gasteiger partial charge in [0, 0.05) is 6.42 Å². The van der Waals surface area contributed by atoms with Crippen molar-refractivity contribution < 1.29 is 4.48 Å². The zero-order chi connectivity index (χ0) is 8.60. The van der Waals surface area contributed by atoms with Crippen molar-refractivity contribution in [2.75, 3.05) is 14.1 Å². The van der Waals surface area contributed by atoms with Gasteiger partial charge in [0.2, 0.25) is 0 Å². The van der Waals surface area contributed by atoms with Crippen LogP contribution >= 0.6 is 0 Å². The zero-order valence-electron chi connectivity index (χ0n) is 7.70. The molecule has 1 atom stereocenters. The van der Waals surface area contributed by atoms with E-state index in [4.69, 9.17) is 0 Å². The first kappa shape index (κ1) is 7.74. The maximum atomic E-state index is 4.38. The molecule has 2 nitrogen and oxygen atoms in total. The van der Waals surface area contributed by atoms with Crippen molar-refractivity contribution in [1.82, 2.24) is 0 Å². The number of aliphatic imine (C=N–C) groups is 1. The van der Waals surface area contributed by atoms with Crippen LogP contribution in [0.25, 0.3) is 0 Å². The predicted molar refractivity (Wildman–Crippen MR) is 50.8 cm³/mol. The Labute approximate surface area is 73.5 Å². The van der Waals surface area contributed by atoms with E-state index in [9.17, 15) is 0 Å². The minimum atomic E-state index is 0.583. The molecule has 0 aromatic carbocycles. The second-order valence-corrected chi connectivity index (χ2v) is 3.98. The Hall–Kier alpha value is -0.890. The Morgan fingerprint density at radius 3 is 3.08 bits per heavy atom. The minimum Gasteiger partial charge on any atom is -0.293 e. The Bertz CT molecular complexity index is 272. The van der Waals surface area contributed by atoms with Crippen molar-refractivity contribution in [2.45, 2.75) is 18.9 Å². The fraction of sp³-hybridized carbons (Fsp3) is 0.500. The van der Waals surface area contributed by atoms with E-state index in [0.717, 1.165) is 4.48 Å². The van der Waals surface area contributed by atoms with Gasteiger partial charge in [-0.1, -0.05) is 6.08 Å². The summed E-state index contributed by atoms with van der Waals surface area (Å²) in [5, 5.41) is 0. The Balaban J connectivity index is 2.36. The molecule has 2 rings (SSSR count). The van der Waals surface area contributed by atoms with E-state index in [0.29, 0.717) is 6.04 Å². The van der Waals surface area contributed by atoms with Gasteiger partial charge in [0.15, 0.2) is 0 Å². The molecule has 0 aromatic heterocycles. The number of quaternary nitrogens is 1. The van der Waals surface area contributed by atoms with Crippen LogP contribution in [0.15, 0.2) is 29.5 Å². The average Bonchev–Trinajstić information content (AvgIpc) is 2.04. The van der Waals surface area contributed by atoms with Crippen LogP contribution < -0.4 is 0 Å². The lowest BCUT2D eigenvalue weighted by molar-refractivity contribution is -0.855. The van der Waals surface area contributed by atoms with Crippen LogP contribution in [-0.2, 0) is 0 Å². The van der Waals surface area contributed by atoms with Crippen molar-refractivity contribution in [2.24, 2.45) is 4.99 Å². The molecule has 1 aliphatic carbocycles. The molecule has 12 heavy (non-hydrogen) atoms. The van der Waals surface area contributed by atoms with E-state index in [1.807, 2.05) is 6.20 Å². The molecule has 0 saturated heterocycles. The van der Waals surface area contributed by atoms with Crippen molar-refractivity contribution in [3.05, 3.63) is 24.6 Å². The van der Waals surface area contributed by atoms with Crippen molar-refractivity contribution in [3.8, 4) is 0 Å². The summed E-state index contributed by atoms with van der Waals surface area (Å²) in [5.41, 5.74) is 1.24. The second-order valence-electron chi connectivity index (χ2n) is 3.98. The van der Waals surface area contributed by atoms with Crippen LogP contribution in [0.3, 0.4) is 0 Å². The van der Waals surface area contributed by atoms with Gasteiger partial charge in [0.05, 0.1) is 26.0 Å². The fourth-order valence-electron chi connectivity index (χ4n) is 1.91.